The molecule has 1 aromatic carbocycles. The van der Waals surface area contributed by atoms with Gasteiger partial charge in [0.05, 0.1) is 0 Å². The van der Waals surface area contributed by atoms with E-state index in [1.165, 1.54) is 6.07 Å². The van der Waals surface area contributed by atoms with Crippen molar-refractivity contribution >= 4 is 44.9 Å². The van der Waals surface area contributed by atoms with Crippen LogP contribution in [0, 0.1) is 0 Å². The highest BCUT2D eigenvalue weighted by atomic mass is 35.6. The topological polar surface area (TPSA) is 66.4 Å². The number of hydrogen-bond acceptors (Lipinski definition) is 3. The molecule has 0 aromatic heterocycles. The van der Waals surface area contributed by atoms with E-state index in [4.69, 9.17) is 34.8 Å². The summed E-state index contributed by atoms with van der Waals surface area (Å²) in [5.74, 6) is 0. The molecule has 1 aliphatic heterocycles. The molecule has 0 bridgehead atoms. The van der Waals surface area contributed by atoms with E-state index in [1.54, 1.807) is 18.2 Å². The summed E-state index contributed by atoms with van der Waals surface area (Å²) in [5, 5.41) is 2.58. The molecule has 0 aliphatic carbocycles. The van der Waals surface area contributed by atoms with Crippen molar-refractivity contribution in [2.45, 2.75) is 15.2 Å². The van der Waals surface area contributed by atoms with Gasteiger partial charge in [-0.05, 0) is 11.1 Å². The minimum Gasteiger partial charge on any atom is -0.285 e. The predicted molar refractivity (Wildman–Crippen MR) is 66.8 cm³/mol. The molecule has 0 saturated heterocycles. The van der Waals surface area contributed by atoms with Gasteiger partial charge in [-0.15, -0.1) is 0 Å². The van der Waals surface area contributed by atoms with Crippen LogP contribution < -0.4 is 5.32 Å². The van der Waals surface area contributed by atoms with Crippen LogP contribution in [0.25, 0.3) is 0 Å². The van der Waals surface area contributed by atoms with Crippen LogP contribution in [0.2, 0.25) is 0 Å². The summed E-state index contributed by atoms with van der Waals surface area (Å²) in [6.45, 7) is 0.198. The Balaban J connectivity index is 2.78. The first-order chi connectivity index (χ1) is 7.70. The van der Waals surface area contributed by atoms with E-state index in [1.807, 2.05) is 0 Å². The molecule has 8 heteroatoms. The van der Waals surface area contributed by atoms with E-state index in [0.29, 0.717) is 5.56 Å². The summed E-state index contributed by atoms with van der Waals surface area (Å²) in [6.07, 6.45) is 0. The van der Waals surface area contributed by atoms with Crippen molar-refractivity contribution < 1.29 is 13.0 Å². The van der Waals surface area contributed by atoms with E-state index >= 15 is 0 Å². The molecule has 2 N–H and O–H groups in total. The lowest BCUT2D eigenvalue weighted by molar-refractivity contribution is 0.398. The van der Waals surface area contributed by atoms with Crippen molar-refractivity contribution in [3.63, 3.8) is 0 Å². The number of alkyl halides is 3. The third kappa shape index (κ3) is 1.85. The summed E-state index contributed by atoms with van der Waals surface area (Å²) in [7, 11) is -4.64. The molecule has 0 amide bonds. The highest BCUT2D eigenvalue weighted by molar-refractivity contribution is 7.87. The predicted octanol–water partition coefficient (Wildman–Crippen LogP) is 2.20. The number of halogens is 3. The normalized spacial score (nSPS) is 24.7. The SMILES string of the molecule is O=S(=O)(O)C1(C(Cl)(Cl)Cl)NCc2ccccc21. The molecule has 0 fully saturated rings. The highest BCUT2D eigenvalue weighted by Gasteiger charge is 2.62. The number of benzene rings is 1. The Labute approximate surface area is 114 Å². The first-order valence-corrected chi connectivity index (χ1v) is 7.15. The molecular formula is C9H8Cl3NO3S. The quantitative estimate of drug-likeness (QED) is 0.616. The van der Waals surface area contributed by atoms with Crippen molar-refractivity contribution in [3.05, 3.63) is 35.4 Å². The number of fused-ring (bicyclic) bond motifs is 1. The van der Waals surface area contributed by atoms with E-state index in [-0.39, 0.29) is 12.1 Å². The Bertz CT molecular complexity index is 555. The fourth-order valence-electron chi connectivity index (χ4n) is 1.96. The van der Waals surface area contributed by atoms with Gasteiger partial charge < -0.3 is 0 Å². The molecule has 4 nitrogen and oxygen atoms in total. The second-order valence-electron chi connectivity index (χ2n) is 3.66. The van der Waals surface area contributed by atoms with Crippen LogP contribution >= 0.6 is 34.8 Å². The third-order valence-electron chi connectivity index (χ3n) is 2.71. The van der Waals surface area contributed by atoms with Gasteiger partial charge in [0.15, 0.2) is 0 Å². The van der Waals surface area contributed by atoms with Gasteiger partial charge in [-0.2, -0.15) is 8.42 Å². The van der Waals surface area contributed by atoms with E-state index < -0.39 is 18.8 Å². The zero-order valence-corrected chi connectivity index (χ0v) is 11.4. The molecule has 0 radical (unpaired) electrons. The van der Waals surface area contributed by atoms with Crippen LogP contribution in [0.15, 0.2) is 24.3 Å². The van der Waals surface area contributed by atoms with Crippen molar-refractivity contribution in [1.29, 1.82) is 0 Å². The molecule has 0 saturated carbocycles. The number of nitrogens with one attached hydrogen (secondary N) is 1. The van der Waals surface area contributed by atoms with Gasteiger partial charge in [0, 0.05) is 6.54 Å². The maximum absolute atomic E-state index is 11.6. The summed E-state index contributed by atoms with van der Waals surface area (Å²) >= 11 is 17.2. The molecule has 94 valence electrons. The molecular weight excluding hydrogens is 309 g/mol. The Morgan fingerprint density at radius 1 is 1.29 bits per heavy atom. The zero-order chi connectivity index (χ0) is 12.9. The summed E-state index contributed by atoms with van der Waals surface area (Å²) in [4.78, 5) is -2.12. The molecule has 1 atom stereocenters. The maximum atomic E-state index is 11.6. The molecule has 1 aliphatic rings. The molecule has 17 heavy (non-hydrogen) atoms. The lowest BCUT2D eigenvalue weighted by atomic mass is 10.1. The van der Waals surface area contributed by atoms with Crippen molar-refractivity contribution in [3.8, 4) is 0 Å². The van der Waals surface area contributed by atoms with Gasteiger partial charge in [-0.1, -0.05) is 59.1 Å². The second-order valence-corrected chi connectivity index (χ2v) is 7.51. The van der Waals surface area contributed by atoms with E-state index in [9.17, 15) is 13.0 Å². The highest BCUT2D eigenvalue weighted by Crippen LogP contribution is 2.51. The molecule has 1 aromatic rings. The Hall–Kier alpha value is -0.0400. The minimum absolute atomic E-state index is 0.198. The van der Waals surface area contributed by atoms with Gasteiger partial charge in [0.1, 0.15) is 0 Å². The monoisotopic (exact) mass is 315 g/mol. The third-order valence-corrected chi connectivity index (χ3v) is 5.34. The largest absolute Gasteiger partial charge is 0.292 e. The number of rotatable bonds is 1. The van der Waals surface area contributed by atoms with Crippen LogP contribution in [0.5, 0.6) is 0 Å². The molecule has 0 spiro atoms. The van der Waals surface area contributed by atoms with Crippen molar-refractivity contribution in [2.24, 2.45) is 0 Å². The zero-order valence-electron chi connectivity index (χ0n) is 8.32. The molecule has 1 heterocycles. The molecule has 2 rings (SSSR count). The first kappa shape index (κ1) is 13.4. The summed E-state index contributed by atoms with van der Waals surface area (Å²) in [5.41, 5.74) is 0.916. The van der Waals surface area contributed by atoms with Gasteiger partial charge in [0.25, 0.3) is 10.1 Å². The standard InChI is InChI=1S/C9H8Cl3NO3S/c10-9(11,12)8(17(14,15)16)7-4-2-1-3-6(7)5-13-8/h1-4,13H,5H2,(H,14,15,16). The van der Waals surface area contributed by atoms with Crippen LogP contribution in [0.1, 0.15) is 11.1 Å². The van der Waals surface area contributed by atoms with Gasteiger partial charge >= 0.3 is 0 Å². The van der Waals surface area contributed by atoms with Crippen LogP contribution in [0.3, 0.4) is 0 Å². The fourth-order valence-corrected chi connectivity index (χ4v) is 4.37. The summed E-state index contributed by atoms with van der Waals surface area (Å²) in [6, 6.07) is 6.55. The van der Waals surface area contributed by atoms with Gasteiger partial charge in [0.2, 0.25) is 8.66 Å². The van der Waals surface area contributed by atoms with Crippen LogP contribution in [0.4, 0.5) is 0 Å². The van der Waals surface area contributed by atoms with Gasteiger partial charge in [-0.25, -0.2) is 0 Å². The maximum Gasteiger partial charge on any atom is 0.292 e. The van der Waals surface area contributed by atoms with Crippen LogP contribution in [-0.2, 0) is 21.5 Å². The first-order valence-electron chi connectivity index (χ1n) is 4.57. The fraction of sp³-hybridized carbons (Fsp3) is 0.333. The van der Waals surface area contributed by atoms with Crippen LogP contribution in [-0.4, -0.2) is 16.8 Å². The Morgan fingerprint density at radius 2 is 1.88 bits per heavy atom. The Kier molecular flexibility index (Phi) is 3.14. The summed E-state index contributed by atoms with van der Waals surface area (Å²) < 4.78 is 30.4. The van der Waals surface area contributed by atoms with E-state index in [0.717, 1.165) is 0 Å². The van der Waals surface area contributed by atoms with Crippen molar-refractivity contribution in [2.75, 3.05) is 0 Å². The smallest absolute Gasteiger partial charge is 0.285 e. The second kappa shape index (κ2) is 3.98. The lowest BCUT2D eigenvalue weighted by Gasteiger charge is -2.33. The average molecular weight is 317 g/mol. The number of hydrogen-bond donors (Lipinski definition) is 2. The minimum atomic E-state index is -4.64. The lowest BCUT2D eigenvalue weighted by Crippen LogP contribution is -2.54. The van der Waals surface area contributed by atoms with Crippen molar-refractivity contribution in [1.82, 2.24) is 5.32 Å². The molecule has 1 unspecified atom stereocenters. The Morgan fingerprint density at radius 3 is 2.41 bits per heavy atom. The van der Waals surface area contributed by atoms with E-state index in [2.05, 4.69) is 5.32 Å². The van der Waals surface area contributed by atoms with Gasteiger partial charge in [-0.3, -0.25) is 9.87 Å². The average Bonchev–Trinajstić information content (AvgIpc) is 2.55.